The van der Waals surface area contributed by atoms with Crippen molar-refractivity contribution in [3.05, 3.63) is 58.1 Å². The van der Waals surface area contributed by atoms with Gasteiger partial charge in [-0.3, -0.25) is 13.8 Å². The van der Waals surface area contributed by atoms with E-state index in [0.717, 1.165) is 56.3 Å². The van der Waals surface area contributed by atoms with E-state index in [4.69, 9.17) is 51.2 Å². The standard InChI is InChI=1S/C48H80Cl2N3O9P/c1-4-6-7-8-9-10-11-12-13-14-15-16-17-20-25-34-57-39-58-37-42(38-62-63(55,56)61-35-33-52(3)5-2)59-40-60-47-31-21-18-19-24-32-53(47)46(54)36-41-27-22-23-30-45(41)51-48-43(49)28-26-29-44(48)50/h22-23,26-30,42,47,51H,4-21,24-25,31-40H2,1-3H3,(H,55,56). The number of anilines is 2. The van der Waals surface area contributed by atoms with Crippen molar-refractivity contribution in [3.8, 4) is 0 Å². The van der Waals surface area contributed by atoms with Crippen molar-refractivity contribution in [2.45, 2.75) is 161 Å². The van der Waals surface area contributed by atoms with Crippen molar-refractivity contribution in [3.63, 3.8) is 0 Å². The lowest BCUT2D eigenvalue weighted by Gasteiger charge is -2.34. The zero-order valence-electron chi connectivity index (χ0n) is 38.7. The van der Waals surface area contributed by atoms with Crippen molar-refractivity contribution in [1.82, 2.24) is 9.80 Å². The Morgan fingerprint density at radius 2 is 1.43 bits per heavy atom. The molecule has 1 aliphatic heterocycles. The predicted molar refractivity (Wildman–Crippen MR) is 256 cm³/mol. The number of likely N-dealkylation sites (N-methyl/N-ethyl adjacent to an activating group) is 1. The molecule has 3 rings (SSSR count). The van der Waals surface area contributed by atoms with Crippen LogP contribution in [0.4, 0.5) is 11.4 Å². The fourth-order valence-electron chi connectivity index (χ4n) is 7.44. The molecule has 0 spiro atoms. The molecule has 3 atom stereocenters. The third-order valence-corrected chi connectivity index (χ3v) is 13.1. The van der Waals surface area contributed by atoms with Crippen molar-refractivity contribution >= 4 is 48.3 Å². The van der Waals surface area contributed by atoms with Crippen LogP contribution in [0.1, 0.15) is 148 Å². The zero-order chi connectivity index (χ0) is 45.4. The second kappa shape index (κ2) is 34.5. The smallest absolute Gasteiger partial charge is 0.355 e. The molecule has 2 aromatic rings. The highest BCUT2D eigenvalue weighted by atomic mass is 35.5. The summed E-state index contributed by atoms with van der Waals surface area (Å²) in [7, 11) is -2.46. The van der Waals surface area contributed by atoms with Crippen molar-refractivity contribution in [2.24, 2.45) is 0 Å². The lowest BCUT2D eigenvalue weighted by molar-refractivity contribution is -0.189. The van der Waals surface area contributed by atoms with Gasteiger partial charge in [-0.15, -0.1) is 0 Å². The number of nitrogens with zero attached hydrogens (tertiary/aromatic N) is 2. The summed E-state index contributed by atoms with van der Waals surface area (Å²) in [5.41, 5.74) is 2.11. The van der Waals surface area contributed by atoms with E-state index in [1.807, 2.05) is 43.1 Å². The third-order valence-electron chi connectivity index (χ3n) is 11.5. The van der Waals surface area contributed by atoms with E-state index < -0.39 is 20.2 Å². The molecular formula is C48H80Cl2N3O9P. The summed E-state index contributed by atoms with van der Waals surface area (Å²) in [4.78, 5) is 28.2. The van der Waals surface area contributed by atoms with Gasteiger partial charge in [-0.2, -0.15) is 0 Å². The molecule has 63 heavy (non-hydrogen) atoms. The molecule has 0 aromatic heterocycles. The van der Waals surface area contributed by atoms with Gasteiger partial charge in [0.25, 0.3) is 0 Å². The van der Waals surface area contributed by atoms with E-state index in [0.29, 0.717) is 41.8 Å². The number of rotatable bonds is 36. The highest BCUT2D eigenvalue weighted by molar-refractivity contribution is 7.47. The molecule has 2 aromatic carbocycles. The van der Waals surface area contributed by atoms with Crippen LogP contribution in [0.3, 0.4) is 0 Å². The number of halogens is 2. The van der Waals surface area contributed by atoms with Crippen molar-refractivity contribution < 1.29 is 42.2 Å². The average molecular weight is 945 g/mol. The van der Waals surface area contributed by atoms with Crippen LogP contribution < -0.4 is 5.32 Å². The van der Waals surface area contributed by atoms with E-state index in [1.165, 1.54) is 83.5 Å². The SMILES string of the molecule is CCCCCCCCCCCCCCCCCOCOCC(COP(=O)(O)OCCN(C)CC)OCOC1CCCCCCN1C(=O)Cc1ccccc1Nc1c(Cl)cccc1Cl. The van der Waals surface area contributed by atoms with Gasteiger partial charge in [0, 0.05) is 25.4 Å². The number of carbonyl (C=O) groups is 1. The maximum atomic E-state index is 14.0. The molecule has 360 valence electrons. The minimum absolute atomic E-state index is 0.0351. The lowest BCUT2D eigenvalue weighted by Crippen LogP contribution is -2.44. The van der Waals surface area contributed by atoms with E-state index in [1.54, 1.807) is 23.1 Å². The monoisotopic (exact) mass is 944 g/mol. The molecule has 0 bridgehead atoms. The summed E-state index contributed by atoms with van der Waals surface area (Å²) in [5.74, 6) is -0.0806. The van der Waals surface area contributed by atoms with Gasteiger partial charge < -0.3 is 39.0 Å². The number of unbranched alkanes of at least 4 members (excludes halogenated alkanes) is 14. The highest BCUT2D eigenvalue weighted by Crippen LogP contribution is 2.43. The predicted octanol–water partition coefficient (Wildman–Crippen LogP) is 12.7. The molecule has 3 unspecified atom stereocenters. The number of nitrogens with one attached hydrogen (secondary N) is 1. The minimum Gasteiger partial charge on any atom is -0.355 e. The average Bonchev–Trinajstić information content (AvgIpc) is 3.25. The molecule has 12 nitrogen and oxygen atoms in total. The first-order valence-corrected chi connectivity index (χ1v) is 26.2. The number of benzene rings is 2. The van der Waals surface area contributed by atoms with Crippen LogP contribution in [0, 0.1) is 0 Å². The lowest BCUT2D eigenvalue weighted by atomic mass is 10.0. The highest BCUT2D eigenvalue weighted by Gasteiger charge is 2.28. The molecule has 0 saturated carbocycles. The second-order valence-electron chi connectivity index (χ2n) is 16.7. The second-order valence-corrected chi connectivity index (χ2v) is 19.0. The first-order valence-electron chi connectivity index (χ1n) is 23.9. The number of hydrogen-bond acceptors (Lipinski definition) is 10. The molecule has 1 aliphatic rings. The van der Waals surface area contributed by atoms with Gasteiger partial charge in [-0.1, -0.05) is 164 Å². The number of amides is 1. The minimum atomic E-state index is -4.36. The Balaban J connectivity index is 1.46. The topological polar surface area (TPSA) is 128 Å². The molecule has 1 fully saturated rings. The number of para-hydroxylation sites is 2. The number of phosphoric ester groups is 1. The molecular weight excluding hydrogens is 864 g/mol. The van der Waals surface area contributed by atoms with E-state index in [-0.39, 0.29) is 45.7 Å². The Kier molecular flexibility index (Phi) is 30.4. The van der Waals surface area contributed by atoms with Crippen molar-refractivity contribution in [1.29, 1.82) is 0 Å². The largest absolute Gasteiger partial charge is 0.472 e. The maximum absolute atomic E-state index is 14.0. The van der Waals surface area contributed by atoms with Crippen LogP contribution in [-0.4, -0.2) is 99.6 Å². The quantitative estimate of drug-likeness (QED) is 0.0385. The van der Waals surface area contributed by atoms with Gasteiger partial charge in [-0.25, -0.2) is 4.57 Å². The Bertz CT molecular complexity index is 1530. The number of likely N-dealkylation sites (tertiary alicyclic amines) is 1. The van der Waals surface area contributed by atoms with E-state index >= 15 is 0 Å². The first-order chi connectivity index (χ1) is 30.6. The van der Waals surface area contributed by atoms with Crippen LogP contribution in [0.15, 0.2) is 42.5 Å². The van der Waals surface area contributed by atoms with Crippen LogP contribution in [0.25, 0.3) is 0 Å². The summed E-state index contributed by atoms with van der Waals surface area (Å²) >= 11 is 12.9. The zero-order valence-corrected chi connectivity index (χ0v) is 41.1. The number of hydrogen-bond donors (Lipinski definition) is 2. The summed E-state index contributed by atoms with van der Waals surface area (Å²) in [6, 6.07) is 12.9. The Labute approximate surface area is 389 Å². The fraction of sp³-hybridized carbons (Fsp3) is 0.729. The van der Waals surface area contributed by atoms with Gasteiger partial charge in [-0.05, 0) is 63.0 Å². The number of ether oxygens (including phenoxy) is 4. The summed E-state index contributed by atoms with van der Waals surface area (Å²) in [6.45, 7) is 6.32. The normalized spacial score (nSPS) is 16.2. The van der Waals surface area contributed by atoms with Crippen molar-refractivity contribution in [2.75, 3.05) is 72.0 Å². The van der Waals surface area contributed by atoms with Crippen LogP contribution in [0.2, 0.25) is 10.0 Å². The molecule has 2 N–H and O–H groups in total. The van der Waals surface area contributed by atoms with Gasteiger partial charge in [0.2, 0.25) is 5.91 Å². The van der Waals surface area contributed by atoms with Gasteiger partial charge in [0.15, 0.2) is 0 Å². The molecule has 15 heteroatoms. The van der Waals surface area contributed by atoms with Crippen LogP contribution >= 0.6 is 31.0 Å². The third kappa shape index (κ3) is 25.1. The van der Waals surface area contributed by atoms with E-state index in [9.17, 15) is 14.3 Å². The van der Waals surface area contributed by atoms with Gasteiger partial charge in [0.1, 0.15) is 25.9 Å². The van der Waals surface area contributed by atoms with Crippen LogP contribution in [0.5, 0.6) is 0 Å². The molecule has 1 heterocycles. The molecule has 1 saturated heterocycles. The number of phosphoric acid groups is 1. The molecule has 0 aliphatic carbocycles. The van der Waals surface area contributed by atoms with Gasteiger partial charge in [0.05, 0.1) is 42.0 Å². The first kappa shape index (κ1) is 55.5. The Morgan fingerprint density at radius 1 is 0.794 bits per heavy atom. The molecule has 1 amide bonds. The molecule has 0 radical (unpaired) electrons. The maximum Gasteiger partial charge on any atom is 0.472 e. The van der Waals surface area contributed by atoms with Crippen LogP contribution in [-0.2, 0) is 43.8 Å². The summed E-state index contributed by atoms with van der Waals surface area (Å²) in [5, 5.41) is 4.28. The Hall–Kier alpha value is -1.80. The summed E-state index contributed by atoms with van der Waals surface area (Å²) in [6.07, 6.45) is 22.9. The number of carbonyl (C=O) groups excluding carboxylic acids is 1. The Morgan fingerprint density at radius 3 is 2.10 bits per heavy atom. The van der Waals surface area contributed by atoms with E-state index in [2.05, 4.69) is 12.2 Å². The summed E-state index contributed by atoms with van der Waals surface area (Å²) < 4.78 is 47.2. The fourth-order valence-corrected chi connectivity index (χ4v) is 8.68. The van der Waals surface area contributed by atoms with Gasteiger partial charge >= 0.3 is 7.82 Å².